The molecule has 0 aliphatic rings. The Morgan fingerprint density at radius 2 is 1.97 bits per heavy atom. The number of amides is 1. The minimum absolute atomic E-state index is 0.164. The van der Waals surface area contributed by atoms with E-state index >= 15 is 0 Å². The first kappa shape index (κ1) is 19.5. The summed E-state index contributed by atoms with van der Waals surface area (Å²) in [7, 11) is 1.54. The van der Waals surface area contributed by atoms with Crippen LogP contribution in [0.3, 0.4) is 0 Å². The summed E-state index contributed by atoms with van der Waals surface area (Å²) >= 11 is 7.47. The van der Waals surface area contributed by atoms with Crippen molar-refractivity contribution >= 4 is 51.5 Å². The van der Waals surface area contributed by atoms with Gasteiger partial charge in [0.05, 0.1) is 24.1 Å². The summed E-state index contributed by atoms with van der Waals surface area (Å²) in [6, 6.07) is 13.6. The molecule has 2 aromatic carbocycles. The summed E-state index contributed by atoms with van der Waals surface area (Å²) < 4.78 is 7.30. The molecule has 0 aliphatic heterocycles. The molecule has 1 amide bonds. The van der Waals surface area contributed by atoms with Crippen molar-refractivity contribution < 1.29 is 9.53 Å². The number of nitrogens with zero attached hydrogens (tertiary/aromatic N) is 3. The Balaban J connectivity index is 1.57. The molecule has 1 N–H and O–H groups in total. The Hall–Kier alpha value is -2.77. The van der Waals surface area contributed by atoms with Gasteiger partial charge in [-0.1, -0.05) is 41.6 Å². The number of para-hydroxylation sites is 1. The number of benzene rings is 2. The maximum Gasteiger partial charge on any atom is 0.234 e. The second-order valence-electron chi connectivity index (χ2n) is 6.66. The number of rotatable bonds is 5. The van der Waals surface area contributed by atoms with E-state index in [0.29, 0.717) is 21.6 Å². The zero-order valence-corrected chi connectivity index (χ0v) is 17.8. The highest BCUT2D eigenvalue weighted by Crippen LogP contribution is 2.31. The Morgan fingerprint density at radius 3 is 2.76 bits per heavy atom. The molecule has 0 fully saturated rings. The molecule has 0 atom stereocenters. The maximum atomic E-state index is 12.5. The second kappa shape index (κ2) is 7.93. The number of thioether (sulfide) groups is 1. The number of methoxy groups -OCH3 is 1. The fraction of sp³-hybridized carbons (Fsp3) is 0.190. The molecule has 29 heavy (non-hydrogen) atoms. The van der Waals surface area contributed by atoms with Gasteiger partial charge in [-0.2, -0.15) is 0 Å². The smallest absolute Gasteiger partial charge is 0.234 e. The van der Waals surface area contributed by atoms with E-state index in [-0.39, 0.29) is 11.7 Å². The van der Waals surface area contributed by atoms with Crippen LogP contribution in [0.4, 0.5) is 5.69 Å². The van der Waals surface area contributed by atoms with Gasteiger partial charge in [-0.15, -0.1) is 10.2 Å². The summed E-state index contributed by atoms with van der Waals surface area (Å²) in [5.41, 5.74) is 4.37. The van der Waals surface area contributed by atoms with Gasteiger partial charge in [0.1, 0.15) is 5.75 Å². The Kier molecular flexibility index (Phi) is 5.34. The molecule has 0 bridgehead atoms. The third-order valence-electron chi connectivity index (χ3n) is 4.66. The molecule has 0 spiro atoms. The van der Waals surface area contributed by atoms with Crippen LogP contribution in [0.1, 0.15) is 11.1 Å². The Labute approximate surface area is 177 Å². The predicted molar refractivity (Wildman–Crippen MR) is 117 cm³/mol. The molecule has 4 rings (SSSR count). The molecule has 2 aromatic heterocycles. The van der Waals surface area contributed by atoms with E-state index in [0.717, 1.165) is 27.7 Å². The van der Waals surface area contributed by atoms with E-state index in [4.69, 9.17) is 16.3 Å². The number of pyridine rings is 1. The third-order valence-corrected chi connectivity index (χ3v) is 6.00. The van der Waals surface area contributed by atoms with E-state index in [9.17, 15) is 4.79 Å². The van der Waals surface area contributed by atoms with Crippen LogP contribution in [0.2, 0.25) is 5.02 Å². The van der Waals surface area contributed by atoms with Crippen LogP contribution in [0.25, 0.3) is 16.6 Å². The largest absolute Gasteiger partial charge is 0.495 e. The predicted octanol–water partition coefficient (Wildman–Crippen LogP) is 4.89. The molecular weight excluding hydrogens is 408 g/mol. The number of aryl methyl sites for hydroxylation is 2. The van der Waals surface area contributed by atoms with Crippen LogP contribution in [-0.2, 0) is 4.79 Å². The topological polar surface area (TPSA) is 68.5 Å². The number of nitrogens with one attached hydrogen (secondary N) is 1. The van der Waals surface area contributed by atoms with Crippen molar-refractivity contribution in [2.45, 2.75) is 19.0 Å². The van der Waals surface area contributed by atoms with Gasteiger partial charge < -0.3 is 10.1 Å². The maximum absolute atomic E-state index is 12.5. The van der Waals surface area contributed by atoms with Gasteiger partial charge in [0.15, 0.2) is 10.8 Å². The summed E-state index contributed by atoms with van der Waals surface area (Å²) in [5.74, 6) is 0.546. The number of carbonyl (C=O) groups excluding carboxylic acids is 1. The van der Waals surface area contributed by atoms with Crippen molar-refractivity contribution in [3.05, 3.63) is 58.6 Å². The first-order valence-corrected chi connectivity index (χ1v) is 10.3. The van der Waals surface area contributed by atoms with Crippen molar-refractivity contribution in [3.8, 4) is 5.75 Å². The first-order chi connectivity index (χ1) is 14.0. The summed E-state index contributed by atoms with van der Waals surface area (Å²) in [6.07, 6.45) is 0. The van der Waals surface area contributed by atoms with Crippen molar-refractivity contribution in [2.24, 2.45) is 0 Å². The van der Waals surface area contributed by atoms with Crippen molar-refractivity contribution in [1.82, 2.24) is 14.6 Å². The Bertz CT molecular complexity index is 1240. The Morgan fingerprint density at radius 1 is 1.17 bits per heavy atom. The zero-order valence-electron chi connectivity index (χ0n) is 16.2. The van der Waals surface area contributed by atoms with Crippen molar-refractivity contribution in [2.75, 3.05) is 18.2 Å². The standard InChI is InChI=1S/C21H19ClN4O2S/c1-12-9-19-24-25-21(26(19)17-7-5-4-6-14(12)17)29-11-20(27)23-16-8-13(2)15(22)10-18(16)28-3/h4-10H,11H2,1-3H3,(H,23,27). The number of fused-ring (bicyclic) bond motifs is 3. The lowest BCUT2D eigenvalue weighted by Gasteiger charge is -2.12. The van der Waals surface area contributed by atoms with Crippen LogP contribution < -0.4 is 10.1 Å². The highest BCUT2D eigenvalue weighted by molar-refractivity contribution is 7.99. The summed E-state index contributed by atoms with van der Waals surface area (Å²) in [4.78, 5) is 12.5. The van der Waals surface area contributed by atoms with Crippen LogP contribution >= 0.6 is 23.4 Å². The number of ether oxygens (including phenoxy) is 1. The van der Waals surface area contributed by atoms with Crippen LogP contribution in [0, 0.1) is 13.8 Å². The second-order valence-corrected chi connectivity index (χ2v) is 8.01. The number of hydrogen-bond donors (Lipinski definition) is 1. The third kappa shape index (κ3) is 3.75. The van der Waals surface area contributed by atoms with E-state index in [1.54, 1.807) is 19.2 Å². The lowest BCUT2D eigenvalue weighted by atomic mass is 10.1. The van der Waals surface area contributed by atoms with Crippen molar-refractivity contribution in [1.29, 1.82) is 0 Å². The molecule has 148 valence electrons. The van der Waals surface area contributed by atoms with Crippen LogP contribution in [-0.4, -0.2) is 33.4 Å². The number of anilines is 1. The minimum Gasteiger partial charge on any atom is -0.495 e. The fourth-order valence-electron chi connectivity index (χ4n) is 3.21. The van der Waals surface area contributed by atoms with Gasteiger partial charge in [0.2, 0.25) is 5.91 Å². The van der Waals surface area contributed by atoms with Crippen LogP contribution in [0.5, 0.6) is 5.75 Å². The molecule has 2 heterocycles. The van der Waals surface area contributed by atoms with E-state index in [1.807, 2.05) is 35.6 Å². The molecule has 0 saturated carbocycles. The molecule has 0 unspecified atom stereocenters. The highest BCUT2D eigenvalue weighted by atomic mass is 35.5. The van der Waals surface area contributed by atoms with Crippen LogP contribution in [0.15, 0.2) is 47.6 Å². The fourth-order valence-corrected chi connectivity index (χ4v) is 4.12. The van der Waals surface area contributed by atoms with Gasteiger partial charge in [0.25, 0.3) is 0 Å². The number of aromatic nitrogens is 3. The molecule has 6 nitrogen and oxygen atoms in total. The van der Waals surface area contributed by atoms with Gasteiger partial charge in [-0.05, 0) is 43.2 Å². The SMILES string of the molecule is COc1cc(Cl)c(C)cc1NC(=O)CSc1nnc2cc(C)c3ccccc3n12. The summed E-state index contributed by atoms with van der Waals surface area (Å²) in [5, 5.41) is 13.8. The minimum atomic E-state index is -0.164. The average Bonchev–Trinajstić information content (AvgIpc) is 3.12. The number of carbonyl (C=O) groups is 1. The molecule has 4 aromatic rings. The van der Waals surface area contributed by atoms with Crippen molar-refractivity contribution in [3.63, 3.8) is 0 Å². The normalized spacial score (nSPS) is 11.2. The van der Waals surface area contributed by atoms with E-state index < -0.39 is 0 Å². The zero-order chi connectivity index (χ0) is 20.5. The monoisotopic (exact) mass is 426 g/mol. The van der Waals surface area contributed by atoms with Gasteiger partial charge in [-0.3, -0.25) is 9.20 Å². The quantitative estimate of drug-likeness (QED) is 0.460. The van der Waals surface area contributed by atoms with Gasteiger partial charge >= 0.3 is 0 Å². The first-order valence-electron chi connectivity index (χ1n) is 8.98. The lowest BCUT2D eigenvalue weighted by Crippen LogP contribution is -2.15. The summed E-state index contributed by atoms with van der Waals surface area (Å²) in [6.45, 7) is 3.93. The lowest BCUT2D eigenvalue weighted by molar-refractivity contribution is -0.113. The highest BCUT2D eigenvalue weighted by Gasteiger charge is 2.15. The molecule has 0 aliphatic carbocycles. The van der Waals surface area contributed by atoms with E-state index in [2.05, 4.69) is 28.5 Å². The van der Waals surface area contributed by atoms with Gasteiger partial charge in [0, 0.05) is 16.5 Å². The molecule has 8 heteroatoms. The molecular formula is C21H19ClN4O2S. The molecule has 0 radical (unpaired) electrons. The number of hydrogen-bond acceptors (Lipinski definition) is 5. The van der Waals surface area contributed by atoms with Gasteiger partial charge in [-0.25, -0.2) is 0 Å². The average molecular weight is 427 g/mol. The van der Waals surface area contributed by atoms with E-state index in [1.165, 1.54) is 11.8 Å². The number of halogens is 1. The molecule has 0 saturated heterocycles.